The quantitative estimate of drug-likeness (QED) is 0.822. The molecule has 1 heterocycles. The third kappa shape index (κ3) is 3.82. The summed E-state index contributed by atoms with van der Waals surface area (Å²) >= 11 is 3.54. The van der Waals surface area contributed by atoms with Crippen molar-refractivity contribution in [2.45, 2.75) is 25.3 Å². The van der Waals surface area contributed by atoms with Crippen molar-refractivity contribution in [3.63, 3.8) is 0 Å². The van der Waals surface area contributed by atoms with Gasteiger partial charge in [-0.25, -0.2) is 0 Å². The lowest BCUT2D eigenvalue weighted by Gasteiger charge is -2.21. The van der Waals surface area contributed by atoms with Crippen molar-refractivity contribution in [2.75, 3.05) is 13.2 Å². The summed E-state index contributed by atoms with van der Waals surface area (Å²) in [6.45, 7) is 1.09. The van der Waals surface area contributed by atoms with Crippen LogP contribution in [0.1, 0.15) is 30.0 Å². The molecule has 2 aliphatic rings. The summed E-state index contributed by atoms with van der Waals surface area (Å²) in [5.41, 5.74) is 2.09. The molecule has 1 fully saturated rings. The molecule has 1 unspecified atom stereocenters. The first-order valence-electron chi connectivity index (χ1n) is 8.63. The maximum atomic E-state index is 12.6. The molecule has 0 bridgehead atoms. The lowest BCUT2D eigenvalue weighted by Crippen LogP contribution is -2.31. The highest BCUT2D eigenvalue weighted by molar-refractivity contribution is 9.10. The molecular weight excluding hydrogens is 382 g/mol. The molecule has 130 valence electrons. The van der Waals surface area contributed by atoms with Crippen molar-refractivity contribution >= 4 is 21.8 Å². The maximum absolute atomic E-state index is 12.6. The van der Waals surface area contributed by atoms with E-state index in [-0.39, 0.29) is 11.9 Å². The van der Waals surface area contributed by atoms with Crippen LogP contribution in [0.3, 0.4) is 0 Å². The van der Waals surface area contributed by atoms with E-state index in [4.69, 9.17) is 9.47 Å². The van der Waals surface area contributed by atoms with Gasteiger partial charge in [-0.1, -0.05) is 46.3 Å². The molecule has 2 aromatic carbocycles. The molecule has 4 nitrogen and oxygen atoms in total. The number of hydrogen-bond acceptors (Lipinski definition) is 3. The lowest BCUT2D eigenvalue weighted by atomic mass is 10.0. The van der Waals surface area contributed by atoms with Crippen molar-refractivity contribution in [3.05, 3.63) is 58.1 Å². The van der Waals surface area contributed by atoms with Crippen LogP contribution in [-0.2, 0) is 11.2 Å². The molecule has 0 aromatic heterocycles. The molecule has 25 heavy (non-hydrogen) atoms. The van der Waals surface area contributed by atoms with Crippen molar-refractivity contribution < 1.29 is 14.3 Å². The molecule has 1 aliphatic heterocycles. The van der Waals surface area contributed by atoms with Crippen molar-refractivity contribution in [3.8, 4) is 11.5 Å². The molecule has 0 radical (unpaired) electrons. The Labute approximate surface area is 155 Å². The fourth-order valence-electron chi connectivity index (χ4n) is 3.20. The summed E-state index contributed by atoms with van der Waals surface area (Å²) in [5, 5.41) is 3.22. The van der Waals surface area contributed by atoms with Gasteiger partial charge in [0.1, 0.15) is 13.2 Å². The van der Waals surface area contributed by atoms with Gasteiger partial charge in [-0.05, 0) is 42.0 Å². The van der Waals surface area contributed by atoms with Crippen molar-refractivity contribution in [1.82, 2.24) is 5.32 Å². The predicted octanol–water partition coefficient (Wildman–Crippen LogP) is 4.03. The third-order valence-electron chi connectivity index (χ3n) is 4.63. The molecule has 0 saturated heterocycles. The monoisotopic (exact) mass is 401 g/mol. The van der Waals surface area contributed by atoms with Crippen LogP contribution in [0.2, 0.25) is 0 Å². The second-order valence-electron chi connectivity index (χ2n) is 6.56. The number of nitrogens with one attached hydrogen (secondary N) is 1. The summed E-state index contributed by atoms with van der Waals surface area (Å²) in [4.78, 5) is 12.6. The predicted molar refractivity (Wildman–Crippen MR) is 98.9 cm³/mol. The third-order valence-corrected chi connectivity index (χ3v) is 5.37. The van der Waals surface area contributed by atoms with Gasteiger partial charge in [0.2, 0.25) is 5.91 Å². The van der Waals surface area contributed by atoms with Gasteiger partial charge in [0, 0.05) is 4.47 Å². The molecule has 1 amide bonds. The van der Waals surface area contributed by atoms with Crippen LogP contribution in [0.25, 0.3) is 0 Å². The Morgan fingerprint density at radius 3 is 2.48 bits per heavy atom. The Morgan fingerprint density at radius 1 is 1.12 bits per heavy atom. The zero-order valence-electron chi connectivity index (χ0n) is 13.8. The van der Waals surface area contributed by atoms with E-state index in [1.165, 1.54) is 18.4 Å². The van der Waals surface area contributed by atoms with E-state index < -0.39 is 0 Å². The normalized spacial score (nSPS) is 17.0. The van der Waals surface area contributed by atoms with Crippen molar-refractivity contribution in [2.24, 2.45) is 5.92 Å². The largest absolute Gasteiger partial charge is 0.486 e. The van der Waals surface area contributed by atoms with Gasteiger partial charge in [-0.3, -0.25) is 4.79 Å². The smallest absolute Gasteiger partial charge is 0.224 e. The summed E-state index contributed by atoms with van der Waals surface area (Å²) < 4.78 is 12.1. The average Bonchev–Trinajstić information content (AvgIpc) is 3.46. The Morgan fingerprint density at radius 2 is 1.80 bits per heavy atom. The Balaban J connectivity index is 1.48. The fraction of sp³-hybridized carbons (Fsp3) is 0.350. The highest BCUT2D eigenvalue weighted by Crippen LogP contribution is 2.41. The lowest BCUT2D eigenvalue weighted by molar-refractivity contribution is -0.121. The van der Waals surface area contributed by atoms with Gasteiger partial charge in [0.05, 0.1) is 12.5 Å². The average molecular weight is 402 g/mol. The minimum Gasteiger partial charge on any atom is -0.486 e. The molecule has 1 saturated carbocycles. The summed E-state index contributed by atoms with van der Waals surface area (Å²) in [7, 11) is 0. The van der Waals surface area contributed by atoms with Gasteiger partial charge < -0.3 is 14.8 Å². The van der Waals surface area contributed by atoms with Crippen LogP contribution in [0, 0.1) is 5.92 Å². The molecule has 5 heteroatoms. The maximum Gasteiger partial charge on any atom is 0.224 e. The molecule has 1 atom stereocenters. The Hall–Kier alpha value is -2.01. The second-order valence-corrected chi connectivity index (χ2v) is 7.41. The molecule has 0 spiro atoms. The first kappa shape index (κ1) is 16.5. The van der Waals surface area contributed by atoms with Crippen LogP contribution in [0.4, 0.5) is 0 Å². The number of ether oxygens (including phenoxy) is 2. The van der Waals surface area contributed by atoms with Gasteiger partial charge in [-0.2, -0.15) is 0 Å². The molecule has 4 rings (SSSR count). The number of carbonyl (C=O) groups is 1. The number of amides is 1. The minimum atomic E-state index is 0.0260. The van der Waals surface area contributed by atoms with Crippen LogP contribution >= 0.6 is 15.9 Å². The van der Waals surface area contributed by atoms with E-state index in [1.807, 2.05) is 30.3 Å². The summed E-state index contributed by atoms with van der Waals surface area (Å²) in [5.74, 6) is 2.01. The number of fused-ring (bicyclic) bond motifs is 1. The standard InChI is InChI=1S/C20H20BrNO3/c21-16-12-18-17(24-8-9-25-18)10-15(16)11-19(23)22-20(14-6-7-14)13-4-2-1-3-5-13/h1-5,10,12,14,20H,6-9,11H2,(H,22,23). The van der Waals surface area contributed by atoms with Gasteiger partial charge in [0.15, 0.2) is 11.5 Å². The van der Waals surface area contributed by atoms with E-state index in [0.29, 0.717) is 31.3 Å². The molecule has 2 aromatic rings. The summed E-state index contributed by atoms with van der Waals surface area (Å²) in [6, 6.07) is 14.1. The van der Waals surface area contributed by atoms with Crippen LogP contribution in [-0.4, -0.2) is 19.1 Å². The molecule has 1 N–H and O–H groups in total. The van der Waals surface area contributed by atoms with E-state index in [2.05, 4.69) is 33.4 Å². The second kappa shape index (κ2) is 7.08. The number of hydrogen-bond donors (Lipinski definition) is 1. The zero-order chi connectivity index (χ0) is 17.2. The van der Waals surface area contributed by atoms with Crippen LogP contribution in [0.5, 0.6) is 11.5 Å². The van der Waals surface area contributed by atoms with Crippen molar-refractivity contribution in [1.29, 1.82) is 0 Å². The van der Waals surface area contributed by atoms with E-state index in [1.54, 1.807) is 0 Å². The molecular formula is C20H20BrNO3. The zero-order valence-corrected chi connectivity index (χ0v) is 15.4. The summed E-state index contributed by atoms with van der Waals surface area (Å²) in [6.07, 6.45) is 2.66. The van der Waals surface area contributed by atoms with E-state index >= 15 is 0 Å². The first-order chi connectivity index (χ1) is 12.2. The highest BCUT2D eigenvalue weighted by atomic mass is 79.9. The fourth-order valence-corrected chi connectivity index (χ4v) is 3.66. The molecule has 1 aliphatic carbocycles. The SMILES string of the molecule is O=C(Cc1cc2c(cc1Br)OCCO2)NC(c1ccccc1)C1CC1. The Kier molecular flexibility index (Phi) is 4.66. The van der Waals surface area contributed by atoms with E-state index in [0.717, 1.165) is 15.8 Å². The highest BCUT2D eigenvalue weighted by Gasteiger charge is 2.33. The number of benzene rings is 2. The van der Waals surface area contributed by atoms with Crippen LogP contribution in [0.15, 0.2) is 46.9 Å². The Bertz CT molecular complexity index is 774. The first-order valence-corrected chi connectivity index (χ1v) is 9.42. The van der Waals surface area contributed by atoms with Gasteiger partial charge in [-0.15, -0.1) is 0 Å². The number of carbonyl (C=O) groups excluding carboxylic acids is 1. The minimum absolute atomic E-state index is 0.0260. The number of rotatable bonds is 5. The number of halogens is 1. The van der Waals surface area contributed by atoms with E-state index in [9.17, 15) is 4.79 Å². The topological polar surface area (TPSA) is 47.6 Å². The van der Waals surface area contributed by atoms with Crippen LogP contribution < -0.4 is 14.8 Å². The van der Waals surface area contributed by atoms with Gasteiger partial charge in [0.25, 0.3) is 0 Å². The van der Waals surface area contributed by atoms with Gasteiger partial charge >= 0.3 is 0 Å².